The highest BCUT2D eigenvalue weighted by Crippen LogP contribution is 2.37. The molecule has 0 amide bonds. The molecule has 1 heterocycles. The molecule has 0 unspecified atom stereocenters. The molecule has 1 aromatic rings. The number of aromatic nitrogens is 1. The fourth-order valence-electron chi connectivity index (χ4n) is 1.01. The molecule has 0 radical (unpaired) electrons. The molecular formula is C8H4F5NO3. The molecule has 0 saturated heterocycles. The van der Waals surface area contributed by atoms with Gasteiger partial charge in [-0.25, -0.2) is 13.8 Å². The van der Waals surface area contributed by atoms with Crippen molar-refractivity contribution in [3.8, 4) is 11.5 Å². The summed E-state index contributed by atoms with van der Waals surface area (Å²) < 4.78 is 63.8. The Labute approximate surface area is 90.6 Å². The van der Waals surface area contributed by atoms with Gasteiger partial charge in [-0.3, -0.25) is 4.79 Å². The van der Waals surface area contributed by atoms with E-state index in [9.17, 15) is 26.7 Å². The summed E-state index contributed by atoms with van der Waals surface area (Å²) in [6, 6.07) is 0. The normalized spacial score (nSPS) is 11.6. The highest BCUT2D eigenvalue weighted by molar-refractivity contribution is 5.83. The summed E-state index contributed by atoms with van der Waals surface area (Å²) in [5.74, 6) is -2.48. The fraction of sp³-hybridized carbons (Fsp3) is 0.250. The second-order valence-electron chi connectivity index (χ2n) is 2.74. The first-order valence-electron chi connectivity index (χ1n) is 3.97. The van der Waals surface area contributed by atoms with Gasteiger partial charge in [0.1, 0.15) is 17.0 Å². The van der Waals surface area contributed by atoms with E-state index in [0.717, 1.165) is 0 Å². The van der Waals surface area contributed by atoms with E-state index in [-0.39, 0.29) is 6.29 Å². The predicted octanol–water partition coefficient (Wildman–Crippen LogP) is 2.44. The molecule has 0 aromatic carbocycles. The van der Waals surface area contributed by atoms with Crippen LogP contribution in [-0.4, -0.2) is 22.7 Å². The van der Waals surface area contributed by atoms with Gasteiger partial charge in [0.2, 0.25) is 0 Å². The zero-order chi connectivity index (χ0) is 13.2. The Morgan fingerprint density at radius 1 is 1.41 bits per heavy atom. The first-order valence-corrected chi connectivity index (χ1v) is 3.97. The van der Waals surface area contributed by atoms with Crippen molar-refractivity contribution in [3.63, 3.8) is 0 Å². The topological polar surface area (TPSA) is 59.4 Å². The Bertz CT molecular complexity index is 432. The Morgan fingerprint density at radius 3 is 2.41 bits per heavy atom. The SMILES string of the molecule is O=Cc1c(O)cnc(C(F)F)c1OC(F)(F)F. The van der Waals surface area contributed by atoms with Crippen LogP contribution >= 0.6 is 0 Å². The van der Waals surface area contributed by atoms with Crippen molar-refractivity contribution in [2.24, 2.45) is 0 Å². The first kappa shape index (κ1) is 13.1. The molecule has 1 aromatic heterocycles. The number of nitrogens with zero attached hydrogens (tertiary/aromatic N) is 1. The third kappa shape index (κ3) is 3.02. The van der Waals surface area contributed by atoms with Crippen molar-refractivity contribution in [1.29, 1.82) is 0 Å². The maximum atomic E-state index is 12.3. The summed E-state index contributed by atoms with van der Waals surface area (Å²) in [6.07, 6.45) is -8.46. The van der Waals surface area contributed by atoms with Crippen molar-refractivity contribution in [2.45, 2.75) is 12.8 Å². The minimum atomic E-state index is -5.28. The number of halogens is 5. The molecule has 4 nitrogen and oxygen atoms in total. The molecule has 0 aliphatic heterocycles. The van der Waals surface area contributed by atoms with E-state index in [2.05, 4.69) is 9.72 Å². The maximum Gasteiger partial charge on any atom is 0.573 e. The Hall–Kier alpha value is -1.93. The highest BCUT2D eigenvalue weighted by atomic mass is 19.4. The highest BCUT2D eigenvalue weighted by Gasteiger charge is 2.36. The molecule has 9 heteroatoms. The molecule has 0 saturated carbocycles. The molecule has 0 aliphatic carbocycles. The Kier molecular flexibility index (Phi) is 3.49. The van der Waals surface area contributed by atoms with Crippen LogP contribution in [0.4, 0.5) is 22.0 Å². The van der Waals surface area contributed by atoms with Gasteiger partial charge < -0.3 is 9.84 Å². The Morgan fingerprint density at radius 2 is 2.00 bits per heavy atom. The number of rotatable bonds is 3. The molecule has 0 spiro atoms. The van der Waals surface area contributed by atoms with Crippen LogP contribution in [0.25, 0.3) is 0 Å². The molecule has 17 heavy (non-hydrogen) atoms. The van der Waals surface area contributed by atoms with Crippen molar-refractivity contribution >= 4 is 6.29 Å². The predicted molar refractivity (Wildman–Crippen MR) is 42.9 cm³/mol. The number of pyridine rings is 1. The number of carbonyl (C=O) groups excluding carboxylic acids is 1. The lowest BCUT2D eigenvalue weighted by molar-refractivity contribution is -0.275. The monoisotopic (exact) mass is 257 g/mol. The summed E-state index contributed by atoms with van der Waals surface area (Å²) >= 11 is 0. The second-order valence-corrected chi connectivity index (χ2v) is 2.74. The third-order valence-corrected chi connectivity index (χ3v) is 1.62. The average molecular weight is 257 g/mol. The van der Waals surface area contributed by atoms with Gasteiger partial charge in [-0.05, 0) is 0 Å². The van der Waals surface area contributed by atoms with E-state index >= 15 is 0 Å². The molecule has 0 fully saturated rings. The van der Waals surface area contributed by atoms with Gasteiger partial charge in [-0.1, -0.05) is 0 Å². The van der Waals surface area contributed by atoms with Gasteiger partial charge in [0.05, 0.1) is 6.20 Å². The third-order valence-electron chi connectivity index (χ3n) is 1.62. The number of hydrogen-bond acceptors (Lipinski definition) is 4. The minimum Gasteiger partial charge on any atom is -0.505 e. The van der Waals surface area contributed by atoms with Gasteiger partial charge in [-0.15, -0.1) is 13.2 Å². The van der Waals surface area contributed by atoms with E-state index in [1.807, 2.05) is 0 Å². The molecule has 94 valence electrons. The lowest BCUT2D eigenvalue weighted by Crippen LogP contribution is -2.20. The standard InChI is InChI=1S/C8H4F5NO3/c9-7(10)5-6(17-8(11,12)13)3(2-15)4(16)1-14-5/h1-2,7,16H. The number of hydrogen-bond donors (Lipinski definition) is 1. The minimum absolute atomic E-state index is 0.232. The van der Waals surface area contributed by atoms with Gasteiger partial charge in [0.25, 0.3) is 6.43 Å². The summed E-state index contributed by atoms with van der Waals surface area (Å²) in [4.78, 5) is 13.3. The van der Waals surface area contributed by atoms with Crippen LogP contribution < -0.4 is 4.74 Å². The molecule has 0 bridgehead atoms. The number of ether oxygens (including phenoxy) is 1. The fourth-order valence-corrected chi connectivity index (χ4v) is 1.01. The maximum absolute atomic E-state index is 12.3. The molecule has 1 N–H and O–H groups in total. The smallest absolute Gasteiger partial charge is 0.505 e. The Balaban J connectivity index is 3.39. The lowest BCUT2D eigenvalue weighted by atomic mass is 10.2. The van der Waals surface area contributed by atoms with Crippen LogP contribution in [0.15, 0.2) is 6.20 Å². The first-order chi connectivity index (χ1) is 7.76. The van der Waals surface area contributed by atoms with Gasteiger partial charge in [0, 0.05) is 0 Å². The lowest BCUT2D eigenvalue weighted by Gasteiger charge is -2.14. The van der Waals surface area contributed by atoms with Gasteiger partial charge >= 0.3 is 6.36 Å². The molecule has 0 aliphatic rings. The van der Waals surface area contributed by atoms with E-state index in [4.69, 9.17) is 5.11 Å². The average Bonchev–Trinajstić information content (AvgIpc) is 2.15. The zero-order valence-electron chi connectivity index (χ0n) is 7.83. The van der Waals surface area contributed by atoms with E-state index in [0.29, 0.717) is 6.20 Å². The van der Waals surface area contributed by atoms with Gasteiger partial charge in [-0.2, -0.15) is 0 Å². The van der Waals surface area contributed by atoms with E-state index < -0.39 is 35.5 Å². The molecular weight excluding hydrogens is 253 g/mol. The largest absolute Gasteiger partial charge is 0.573 e. The van der Waals surface area contributed by atoms with Crippen molar-refractivity contribution in [1.82, 2.24) is 4.98 Å². The van der Waals surface area contributed by atoms with Crippen LogP contribution in [-0.2, 0) is 0 Å². The van der Waals surface area contributed by atoms with E-state index in [1.54, 1.807) is 0 Å². The van der Waals surface area contributed by atoms with Crippen molar-refractivity contribution in [3.05, 3.63) is 17.5 Å². The quantitative estimate of drug-likeness (QED) is 0.667. The van der Waals surface area contributed by atoms with Crippen LogP contribution in [0, 0.1) is 0 Å². The zero-order valence-corrected chi connectivity index (χ0v) is 7.83. The second kappa shape index (κ2) is 4.52. The number of alkyl halides is 5. The van der Waals surface area contributed by atoms with Gasteiger partial charge in [0.15, 0.2) is 12.0 Å². The summed E-state index contributed by atoms with van der Waals surface area (Å²) in [6.45, 7) is 0. The number of aromatic hydroxyl groups is 1. The summed E-state index contributed by atoms with van der Waals surface area (Å²) in [5.41, 5.74) is -2.41. The summed E-state index contributed by atoms with van der Waals surface area (Å²) in [5, 5.41) is 9.01. The van der Waals surface area contributed by atoms with E-state index in [1.165, 1.54) is 0 Å². The van der Waals surface area contributed by atoms with Crippen LogP contribution in [0.5, 0.6) is 11.5 Å². The van der Waals surface area contributed by atoms with Crippen LogP contribution in [0.2, 0.25) is 0 Å². The van der Waals surface area contributed by atoms with Crippen LogP contribution in [0.3, 0.4) is 0 Å². The van der Waals surface area contributed by atoms with Crippen molar-refractivity contribution < 1.29 is 36.6 Å². The molecule has 1 rings (SSSR count). The van der Waals surface area contributed by atoms with Crippen LogP contribution in [0.1, 0.15) is 22.5 Å². The molecule has 0 atom stereocenters. The number of aldehydes is 1. The van der Waals surface area contributed by atoms with Crippen molar-refractivity contribution in [2.75, 3.05) is 0 Å². The number of carbonyl (C=O) groups is 1. The summed E-state index contributed by atoms with van der Waals surface area (Å²) in [7, 11) is 0.